The molecule has 1 aliphatic heterocycles. The Morgan fingerprint density at radius 3 is 2.82 bits per heavy atom. The summed E-state index contributed by atoms with van der Waals surface area (Å²) in [4.78, 5) is 9.15. The Bertz CT molecular complexity index is 621. The molecule has 2 aromatic rings. The zero-order valence-corrected chi connectivity index (χ0v) is 13.5. The molecule has 1 fully saturated rings. The highest BCUT2D eigenvalue weighted by Crippen LogP contribution is 2.20. The van der Waals surface area contributed by atoms with Crippen molar-refractivity contribution in [1.82, 2.24) is 15.3 Å². The number of nitrogens with one attached hydrogen (secondary N) is 2. The summed E-state index contributed by atoms with van der Waals surface area (Å²) >= 11 is 5.94. The van der Waals surface area contributed by atoms with Crippen molar-refractivity contribution in [2.75, 3.05) is 25.0 Å². The molecule has 22 heavy (non-hydrogen) atoms. The van der Waals surface area contributed by atoms with E-state index in [9.17, 15) is 0 Å². The number of hydrogen-bond acceptors (Lipinski definition) is 4. The monoisotopic (exact) mass is 316 g/mol. The topological polar surface area (TPSA) is 49.8 Å². The lowest BCUT2D eigenvalue weighted by molar-refractivity contribution is 0.392. The molecule has 0 bridgehead atoms. The van der Waals surface area contributed by atoms with Gasteiger partial charge in [-0.2, -0.15) is 0 Å². The van der Waals surface area contributed by atoms with Crippen LogP contribution in [0, 0.1) is 12.8 Å². The van der Waals surface area contributed by atoms with Crippen molar-refractivity contribution in [3.63, 3.8) is 0 Å². The number of anilines is 1. The molecule has 1 aromatic heterocycles. The molecule has 0 radical (unpaired) electrons. The number of aromatic nitrogens is 2. The summed E-state index contributed by atoms with van der Waals surface area (Å²) in [5.74, 6) is 2.30. The summed E-state index contributed by atoms with van der Waals surface area (Å²) in [6, 6.07) is 9.63. The maximum Gasteiger partial charge on any atom is 0.161 e. The third kappa shape index (κ3) is 3.96. The van der Waals surface area contributed by atoms with Crippen LogP contribution in [0.1, 0.15) is 18.5 Å². The van der Waals surface area contributed by atoms with Gasteiger partial charge in [0.15, 0.2) is 5.82 Å². The summed E-state index contributed by atoms with van der Waals surface area (Å²) in [7, 11) is 0. The van der Waals surface area contributed by atoms with E-state index in [2.05, 4.69) is 20.6 Å². The van der Waals surface area contributed by atoms with Gasteiger partial charge in [0.05, 0.1) is 0 Å². The van der Waals surface area contributed by atoms with Gasteiger partial charge < -0.3 is 10.6 Å². The van der Waals surface area contributed by atoms with E-state index in [0.29, 0.717) is 5.92 Å². The molecule has 1 atom stereocenters. The molecule has 1 unspecified atom stereocenters. The van der Waals surface area contributed by atoms with Crippen LogP contribution < -0.4 is 10.6 Å². The summed E-state index contributed by atoms with van der Waals surface area (Å²) in [6.45, 7) is 5.17. The predicted molar refractivity (Wildman–Crippen MR) is 91.3 cm³/mol. The lowest BCUT2D eigenvalue weighted by Gasteiger charge is -2.23. The number of piperidine rings is 1. The fourth-order valence-corrected chi connectivity index (χ4v) is 2.86. The van der Waals surface area contributed by atoms with Gasteiger partial charge in [0, 0.05) is 28.9 Å². The highest BCUT2D eigenvalue weighted by atomic mass is 35.5. The van der Waals surface area contributed by atoms with E-state index in [4.69, 9.17) is 11.6 Å². The summed E-state index contributed by atoms with van der Waals surface area (Å²) in [5, 5.41) is 7.62. The SMILES string of the molecule is Cc1cc(NCC2CCCNC2)nc(-c2ccc(Cl)cc2)n1. The molecule has 1 aromatic carbocycles. The van der Waals surface area contributed by atoms with Crippen LogP contribution in [0.4, 0.5) is 5.82 Å². The van der Waals surface area contributed by atoms with E-state index in [1.165, 1.54) is 12.8 Å². The minimum Gasteiger partial charge on any atom is -0.370 e. The summed E-state index contributed by atoms with van der Waals surface area (Å²) in [5.41, 5.74) is 1.94. The average Bonchev–Trinajstić information content (AvgIpc) is 2.54. The summed E-state index contributed by atoms with van der Waals surface area (Å²) < 4.78 is 0. The van der Waals surface area contributed by atoms with Crippen molar-refractivity contribution >= 4 is 17.4 Å². The van der Waals surface area contributed by atoms with Crippen LogP contribution in [-0.2, 0) is 0 Å². The van der Waals surface area contributed by atoms with Gasteiger partial charge in [0.25, 0.3) is 0 Å². The van der Waals surface area contributed by atoms with Crippen LogP contribution in [0.3, 0.4) is 0 Å². The molecule has 0 aliphatic carbocycles. The van der Waals surface area contributed by atoms with Crippen molar-refractivity contribution in [3.8, 4) is 11.4 Å². The largest absolute Gasteiger partial charge is 0.370 e. The van der Waals surface area contributed by atoms with Gasteiger partial charge in [-0.05, 0) is 63.0 Å². The number of nitrogens with zero attached hydrogens (tertiary/aromatic N) is 2. The highest BCUT2D eigenvalue weighted by molar-refractivity contribution is 6.30. The fourth-order valence-electron chi connectivity index (χ4n) is 2.73. The Balaban J connectivity index is 1.73. The normalized spacial score (nSPS) is 18.2. The van der Waals surface area contributed by atoms with Gasteiger partial charge >= 0.3 is 0 Å². The lowest BCUT2D eigenvalue weighted by Crippen LogP contribution is -2.33. The van der Waals surface area contributed by atoms with Crippen molar-refractivity contribution in [2.24, 2.45) is 5.92 Å². The number of rotatable bonds is 4. The van der Waals surface area contributed by atoms with E-state index >= 15 is 0 Å². The van der Waals surface area contributed by atoms with Gasteiger partial charge in [-0.1, -0.05) is 11.6 Å². The quantitative estimate of drug-likeness (QED) is 0.906. The zero-order valence-electron chi connectivity index (χ0n) is 12.8. The van der Waals surface area contributed by atoms with E-state index in [0.717, 1.165) is 47.6 Å². The smallest absolute Gasteiger partial charge is 0.161 e. The third-order valence-corrected chi connectivity index (χ3v) is 4.18. The minimum atomic E-state index is 0.669. The Kier molecular flexibility index (Phi) is 4.90. The van der Waals surface area contributed by atoms with Crippen molar-refractivity contribution in [2.45, 2.75) is 19.8 Å². The molecule has 0 saturated carbocycles. The molecule has 2 N–H and O–H groups in total. The zero-order chi connectivity index (χ0) is 15.4. The molecule has 4 nitrogen and oxygen atoms in total. The van der Waals surface area contributed by atoms with E-state index in [1.807, 2.05) is 37.3 Å². The standard InChI is InChI=1S/C17H21ClN4/c1-12-9-16(20-11-13-3-2-8-19-10-13)22-17(21-12)14-4-6-15(18)7-5-14/h4-7,9,13,19H,2-3,8,10-11H2,1H3,(H,20,21,22). The van der Waals surface area contributed by atoms with Crippen molar-refractivity contribution in [3.05, 3.63) is 41.0 Å². The highest BCUT2D eigenvalue weighted by Gasteiger charge is 2.13. The molecule has 5 heteroatoms. The van der Waals surface area contributed by atoms with Crippen molar-refractivity contribution < 1.29 is 0 Å². The van der Waals surface area contributed by atoms with Gasteiger partial charge in [0.1, 0.15) is 5.82 Å². The molecular weight excluding hydrogens is 296 g/mol. The van der Waals surface area contributed by atoms with Gasteiger partial charge in [-0.3, -0.25) is 0 Å². The first-order valence-corrected chi connectivity index (χ1v) is 8.15. The summed E-state index contributed by atoms with van der Waals surface area (Å²) in [6.07, 6.45) is 2.53. The van der Waals surface area contributed by atoms with Gasteiger partial charge in [-0.25, -0.2) is 9.97 Å². The molecule has 2 heterocycles. The van der Waals surface area contributed by atoms with Crippen LogP contribution in [0.2, 0.25) is 5.02 Å². The Morgan fingerprint density at radius 1 is 1.27 bits per heavy atom. The van der Waals surface area contributed by atoms with E-state index < -0.39 is 0 Å². The molecular formula is C17H21ClN4. The number of halogens is 1. The molecule has 0 spiro atoms. The lowest BCUT2D eigenvalue weighted by atomic mass is 10.00. The molecule has 1 aliphatic rings. The molecule has 3 rings (SSSR count). The van der Waals surface area contributed by atoms with Crippen LogP contribution in [0.15, 0.2) is 30.3 Å². The third-order valence-electron chi connectivity index (χ3n) is 3.93. The van der Waals surface area contributed by atoms with Crippen LogP contribution in [0.5, 0.6) is 0 Å². The number of aryl methyl sites for hydroxylation is 1. The Hall–Kier alpha value is -1.65. The number of hydrogen-bond donors (Lipinski definition) is 2. The Morgan fingerprint density at radius 2 is 2.09 bits per heavy atom. The fraction of sp³-hybridized carbons (Fsp3) is 0.412. The van der Waals surface area contributed by atoms with Gasteiger partial charge in [0.2, 0.25) is 0 Å². The van der Waals surface area contributed by atoms with E-state index in [-0.39, 0.29) is 0 Å². The minimum absolute atomic E-state index is 0.669. The number of benzene rings is 1. The van der Waals surface area contributed by atoms with Crippen LogP contribution in [-0.4, -0.2) is 29.6 Å². The second-order valence-corrected chi connectivity index (χ2v) is 6.25. The second kappa shape index (κ2) is 7.07. The molecule has 0 amide bonds. The van der Waals surface area contributed by atoms with Gasteiger partial charge in [-0.15, -0.1) is 0 Å². The van der Waals surface area contributed by atoms with Crippen molar-refractivity contribution in [1.29, 1.82) is 0 Å². The predicted octanol–water partition coefficient (Wildman–Crippen LogP) is 3.52. The Labute approximate surface area is 136 Å². The molecule has 116 valence electrons. The first-order valence-electron chi connectivity index (χ1n) is 7.77. The molecule has 1 saturated heterocycles. The maximum atomic E-state index is 5.94. The second-order valence-electron chi connectivity index (χ2n) is 5.82. The van der Waals surface area contributed by atoms with Crippen LogP contribution >= 0.6 is 11.6 Å². The van der Waals surface area contributed by atoms with E-state index in [1.54, 1.807) is 0 Å². The first kappa shape index (κ1) is 15.3. The first-order chi connectivity index (χ1) is 10.7. The van der Waals surface area contributed by atoms with Crippen LogP contribution in [0.25, 0.3) is 11.4 Å². The maximum absolute atomic E-state index is 5.94. The average molecular weight is 317 g/mol.